The maximum absolute atomic E-state index is 12.1. The molecule has 1 aromatic carbocycles. The summed E-state index contributed by atoms with van der Waals surface area (Å²) >= 11 is 3.38. The highest BCUT2D eigenvalue weighted by atomic mass is 79.9. The van der Waals surface area contributed by atoms with Gasteiger partial charge in [0.1, 0.15) is 6.04 Å². The number of rotatable bonds is 4. The second kappa shape index (κ2) is 6.70. The van der Waals surface area contributed by atoms with Crippen LogP contribution in [0.5, 0.6) is 0 Å². The van der Waals surface area contributed by atoms with Gasteiger partial charge in [-0.1, -0.05) is 22.0 Å². The van der Waals surface area contributed by atoms with Crippen molar-refractivity contribution in [1.82, 2.24) is 10.6 Å². The molecule has 0 heterocycles. The molecule has 1 aromatic rings. The van der Waals surface area contributed by atoms with E-state index in [1.807, 2.05) is 26.8 Å². The molecular formula is C14H19BrN2O2. The molecule has 4 nitrogen and oxygen atoms in total. The van der Waals surface area contributed by atoms with Crippen molar-refractivity contribution >= 4 is 27.7 Å². The average molecular weight is 327 g/mol. The highest BCUT2D eigenvalue weighted by Gasteiger charge is 2.18. The quantitative estimate of drug-likeness (QED) is 0.892. The highest BCUT2D eigenvalue weighted by Crippen LogP contribution is 2.19. The Morgan fingerprint density at radius 1 is 1.16 bits per heavy atom. The number of hydrogen-bond donors (Lipinski definition) is 2. The van der Waals surface area contributed by atoms with E-state index in [1.54, 1.807) is 19.1 Å². The third kappa shape index (κ3) is 4.35. The van der Waals surface area contributed by atoms with E-state index in [0.29, 0.717) is 5.56 Å². The van der Waals surface area contributed by atoms with Crippen LogP contribution >= 0.6 is 15.9 Å². The number of benzene rings is 1. The van der Waals surface area contributed by atoms with Gasteiger partial charge >= 0.3 is 0 Å². The Hall–Kier alpha value is -1.36. The number of amides is 2. The standard InChI is InChI=1S/C14H19BrN2O2/c1-8(2)16-13(18)10(4)17-14(19)11-6-5-7-12(15)9(11)3/h5-8,10H,1-4H3,(H,16,18)(H,17,19). The lowest BCUT2D eigenvalue weighted by Crippen LogP contribution is -2.46. The van der Waals surface area contributed by atoms with Gasteiger partial charge in [-0.2, -0.15) is 0 Å². The zero-order valence-corrected chi connectivity index (χ0v) is 13.2. The minimum absolute atomic E-state index is 0.0551. The van der Waals surface area contributed by atoms with Crippen LogP contribution in [0.1, 0.15) is 36.7 Å². The fourth-order valence-corrected chi connectivity index (χ4v) is 1.97. The summed E-state index contributed by atoms with van der Waals surface area (Å²) in [4.78, 5) is 23.8. The van der Waals surface area contributed by atoms with Gasteiger partial charge in [-0.05, 0) is 45.4 Å². The Kier molecular flexibility index (Phi) is 5.54. The van der Waals surface area contributed by atoms with Crippen molar-refractivity contribution in [2.24, 2.45) is 0 Å². The van der Waals surface area contributed by atoms with Gasteiger partial charge in [0.15, 0.2) is 0 Å². The molecule has 104 valence electrons. The van der Waals surface area contributed by atoms with Crippen molar-refractivity contribution in [2.45, 2.75) is 39.8 Å². The molecular weight excluding hydrogens is 308 g/mol. The van der Waals surface area contributed by atoms with Crippen LogP contribution in [-0.2, 0) is 4.79 Å². The monoisotopic (exact) mass is 326 g/mol. The van der Waals surface area contributed by atoms with Gasteiger partial charge in [-0.3, -0.25) is 9.59 Å². The minimum Gasteiger partial charge on any atom is -0.352 e. The first kappa shape index (κ1) is 15.7. The summed E-state index contributed by atoms with van der Waals surface area (Å²) in [6, 6.07) is 4.90. The van der Waals surface area contributed by atoms with Gasteiger partial charge in [0.25, 0.3) is 5.91 Å². The number of carbonyl (C=O) groups is 2. The molecule has 0 aliphatic heterocycles. The summed E-state index contributed by atoms with van der Waals surface area (Å²) in [6.07, 6.45) is 0. The van der Waals surface area contributed by atoms with Crippen LogP contribution in [-0.4, -0.2) is 23.9 Å². The van der Waals surface area contributed by atoms with Gasteiger partial charge in [0.2, 0.25) is 5.91 Å². The SMILES string of the molecule is Cc1c(Br)cccc1C(=O)NC(C)C(=O)NC(C)C. The van der Waals surface area contributed by atoms with Crippen molar-refractivity contribution in [3.05, 3.63) is 33.8 Å². The Morgan fingerprint density at radius 2 is 1.79 bits per heavy atom. The van der Waals surface area contributed by atoms with Crippen LogP contribution in [0.4, 0.5) is 0 Å². The van der Waals surface area contributed by atoms with E-state index in [9.17, 15) is 9.59 Å². The van der Waals surface area contributed by atoms with E-state index >= 15 is 0 Å². The molecule has 0 spiro atoms. The van der Waals surface area contributed by atoms with Crippen LogP contribution in [0.3, 0.4) is 0 Å². The van der Waals surface area contributed by atoms with Crippen LogP contribution in [0, 0.1) is 6.92 Å². The van der Waals surface area contributed by atoms with Crippen molar-refractivity contribution in [3.63, 3.8) is 0 Å². The Morgan fingerprint density at radius 3 is 2.37 bits per heavy atom. The summed E-state index contributed by atoms with van der Waals surface area (Å²) in [7, 11) is 0. The summed E-state index contributed by atoms with van der Waals surface area (Å²) in [6.45, 7) is 7.29. The van der Waals surface area contributed by atoms with Crippen LogP contribution in [0.25, 0.3) is 0 Å². The van der Waals surface area contributed by atoms with E-state index in [4.69, 9.17) is 0 Å². The topological polar surface area (TPSA) is 58.2 Å². The van der Waals surface area contributed by atoms with Crippen molar-refractivity contribution in [3.8, 4) is 0 Å². The molecule has 0 aromatic heterocycles. The largest absolute Gasteiger partial charge is 0.352 e. The van der Waals surface area contributed by atoms with Crippen molar-refractivity contribution in [1.29, 1.82) is 0 Å². The van der Waals surface area contributed by atoms with Crippen molar-refractivity contribution in [2.75, 3.05) is 0 Å². The molecule has 2 amide bonds. The summed E-state index contributed by atoms with van der Waals surface area (Å²) in [5.74, 6) is -0.429. The van der Waals surface area contributed by atoms with Crippen molar-refractivity contribution < 1.29 is 9.59 Å². The fraction of sp³-hybridized carbons (Fsp3) is 0.429. The van der Waals surface area contributed by atoms with E-state index in [1.165, 1.54) is 0 Å². The zero-order chi connectivity index (χ0) is 14.6. The highest BCUT2D eigenvalue weighted by molar-refractivity contribution is 9.10. The molecule has 5 heteroatoms. The summed E-state index contributed by atoms with van der Waals surface area (Å²) in [5.41, 5.74) is 1.43. The minimum atomic E-state index is -0.562. The predicted molar refractivity (Wildman–Crippen MR) is 79.1 cm³/mol. The van der Waals surface area contributed by atoms with Gasteiger partial charge in [0.05, 0.1) is 0 Å². The molecule has 0 saturated heterocycles. The molecule has 0 aliphatic rings. The van der Waals surface area contributed by atoms with E-state index < -0.39 is 6.04 Å². The number of halogens is 1. The Labute approximate surface area is 122 Å². The first-order valence-corrected chi connectivity index (χ1v) is 6.98. The molecule has 0 fully saturated rings. The summed E-state index contributed by atoms with van der Waals surface area (Å²) in [5, 5.41) is 5.46. The molecule has 0 bridgehead atoms. The lowest BCUT2D eigenvalue weighted by Gasteiger charge is -2.16. The van der Waals surface area contributed by atoms with Crippen LogP contribution < -0.4 is 10.6 Å². The summed E-state index contributed by atoms with van der Waals surface area (Å²) < 4.78 is 0.874. The second-order valence-electron chi connectivity index (χ2n) is 4.77. The van der Waals surface area contributed by atoms with Gasteiger partial charge in [-0.15, -0.1) is 0 Å². The zero-order valence-electron chi connectivity index (χ0n) is 11.6. The predicted octanol–water partition coefficient (Wildman–Crippen LogP) is 2.40. The first-order valence-electron chi connectivity index (χ1n) is 6.19. The Bertz CT molecular complexity index is 486. The lowest BCUT2D eigenvalue weighted by atomic mass is 10.1. The molecule has 1 unspecified atom stereocenters. The maximum Gasteiger partial charge on any atom is 0.252 e. The fourth-order valence-electron chi connectivity index (χ4n) is 1.60. The third-order valence-electron chi connectivity index (χ3n) is 2.68. The van der Waals surface area contributed by atoms with Gasteiger partial charge < -0.3 is 10.6 Å². The molecule has 1 rings (SSSR count). The van der Waals surface area contributed by atoms with E-state index in [2.05, 4.69) is 26.6 Å². The molecule has 19 heavy (non-hydrogen) atoms. The smallest absolute Gasteiger partial charge is 0.252 e. The second-order valence-corrected chi connectivity index (χ2v) is 5.63. The molecule has 0 aliphatic carbocycles. The number of nitrogens with one attached hydrogen (secondary N) is 2. The third-order valence-corrected chi connectivity index (χ3v) is 3.54. The van der Waals surface area contributed by atoms with E-state index in [0.717, 1.165) is 10.0 Å². The van der Waals surface area contributed by atoms with Gasteiger partial charge in [0, 0.05) is 16.1 Å². The lowest BCUT2D eigenvalue weighted by molar-refractivity contribution is -0.123. The van der Waals surface area contributed by atoms with E-state index in [-0.39, 0.29) is 17.9 Å². The maximum atomic E-state index is 12.1. The van der Waals surface area contributed by atoms with Gasteiger partial charge in [-0.25, -0.2) is 0 Å². The Balaban J connectivity index is 2.74. The molecule has 1 atom stereocenters. The normalized spacial score (nSPS) is 12.1. The molecule has 0 radical (unpaired) electrons. The first-order chi connectivity index (χ1) is 8.82. The molecule has 2 N–H and O–H groups in total. The molecule has 0 saturated carbocycles. The number of hydrogen-bond acceptors (Lipinski definition) is 2. The number of carbonyl (C=O) groups excluding carboxylic acids is 2. The van der Waals surface area contributed by atoms with Crippen LogP contribution in [0.2, 0.25) is 0 Å². The van der Waals surface area contributed by atoms with Crippen LogP contribution in [0.15, 0.2) is 22.7 Å². The average Bonchev–Trinajstić information content (AvgIpc) is 2.31.